The van der Waals surface area contributed by atoms with Crippen molar-refractivity contribution in [3.8, 4) is 0 Å². The van der Waals surface area contributed by atoms with E-state index in [-0.39, 0.29) is 11.5 Å². The second kappa shape index (κ2) is 6.25. The molecule has 0 saturated carbocycles. The minimum absolute atomic E-state index is 0.0919. The quantitative estimate of drug-likeness (QED) is 0.751. The summed E-state index contributed by atoms with van der Waals surface area (Å²) in [5.74, 6) is -0.920. The van der Waals surface area contributed by atoms with Gasteiger partial charge in [0, 0.05) is 5.56 Å². The molecule has 0 amide bonds. The molecule has 1 aliphatic rings. The molecule has 1 saturated heterocycles. The van der Waals surface area contributed by atoms with Gasteiger partial charge in [0.2, 0.25) is 0 Å². The molecule has 1 aromatic carbocycles. The summed E-state index contributed by atoms with van der Waals surface area (Å²) in [6.07, 6.45) is 2.48. The number of aromatic nitrogens is 3. The van der Waals surface area contributed by atoms with Gasteiger partial charge in [-0.3, -0.25) is 4.18 Å². The molecule has 0 N–H and O–H groups in total. The highest BCUT2D eigenvalue weighted by Gasteiger charge is 2.40. The van der Waals surface area contributed by atoms with E-state index in [9.17, 15) is 8.42 Å². The fourth-order valence-corrected chi connectivity index (χ4v) is 3.60. The number of aryl methyl sites for hydroxylation is 1. The van der Waals surface area contributed by atoms with Crippen molar-refractivity contribution in [1.29, 1.82) is 0 Å². The van der Waals surface area contributed by atoms with E-state index in [1.165, 1.54) is 12.4 Å². The number of nitrogens with zero attached hydrogens (tertiary/aromatic N) is 3. The van der Waals surface area contributed by atoms with Gasteiger partial charge < -0.3 is 9.47 Å². The maximum absolute atomic E-state index is 12.2. The molecule has 24 heavy (non-hydrogen) atoms. The van der Waals surface area contributed by atoms with Crippen LogP contribution in [0.25, 0.3) is 0 Å². The molecule has 0 bridgehead atoms. The van der Waals surface area contributed by atoms with E-state index in [0.717, 1.165) is 12.7 Å². The van der Waals surface area contributed by atoms with Gasteiger partial charge in [0.1, 0.15) is 18.8 Å². The average Bonchev–Trinajstić information content (AvgIpc) is 3.17. The van der Waals surface area contributed by atoms with Gasteiger partial charge in [-0.15, -0.1) is 0 Å². The van der Waals surface area contributed by atoms with Gasteiger partial charge in [-0.25, -0.2) is 9.67 Å². The van der Waals surface area contributed by atoms with Crippen molar-refractivity contribution < 1.29 is 22.1 Å². The van der Waals surface area contributed by atoms with E-state index in [4.69, 9.17) is 9.47 Å². The average molecular weight is 353 g/mol. The van der Waals surface area contributed by atoms with E-state index in [2.05, 4.69) is 14.3 Å². The molecule has 1 aromatic heterocycles. The van der Waals surface area contributed by atoms with Crippen LogP contribution in [-0.2, 0) is 30.3 Å². The highest BCUT2D eigenvalue weighted by atomic mass is 32.2. The first-order valence-corrected chi connectivity index (χ1v) is 8.79. The van der Waals surface area contributed by atoms with Crippen molar-refractivity contribution in [2.75, 3.05) is 13.7 Å². The second-order valence-electron chi connectivity index (χ2n) is 5.81. The lowest BCUT2D eigenvalue weighted by Gasteiger charge is -2.23. The standard InChI is InChI=1S/C15H19N3O5S/c1-11-4-5-14(24(19,20)21-3)12(6-11)13-7-22-15(2,23-13)8-18-10-16-9-17-18/h4-6,9-10,13H,7-8H2,1-3H3. The highest BCUT2D eigenvalue weighted by molar-refractivity contribution is 7.86. The molecule has 9 heteroatoms. The largest absolute Gasteiger partial charge is 0.345 e. The molecular formula is C15H19N3O5S. The van der Waals surface area contributed by atoms with Gasteiger partial charge >= 0.3 is 0 Å². The number of hydrogen-bond donors (Lipinski definition) is 0. The lowest BCUT2D eigenvalue weighted by molar-refractivity contribution is -0.165. The van der Waals surface area contributed by atoms with Crippen molar-refractivity contribution in [3.63, 3.8) is 0 Å². The first kappa shape index (κ1) is 17.0. The highest BCUT2D eigenvalue weighted by Crippen LogP contribution is 2.37. The zero-order valence-electron chi connectivity index (χ0n) is 13.7. The maximum Gasteiger partial charge on any atom is 0.297 e. The smallest absolute Gasteiger partial charge is 0.297 e. The number of ether oxygens (including phenoxy) is 2. The van der Waals surface area contributed by atoms with Crippen LogP contribution < -0.4 is 0 Å². The van der Waals surface area contributed by atoms with Crippen molar-refractivity contribution in [2.24, 2.45) is 0 Å². The predicted molar refractivity (Wildman–Crippen MR) is 83.6 cm³/mol. The Labute approximate surface area is 140 Å². The molecule has 8 nitrogen and oxygen atoms in total. The molecule has 1 fully saturated rings. The third kappa shape index (κ3) is 3.34. The monoisotopic (exact) mass is 353 g/mol. The lowest BCUT2D eigenvalue weighted by atomic mass is 10.1. The topological polar surface area (TPSA) is 92.5 Å². The van der Waals surface area contributed by atoms with Crippen LogP contribution in [0.15, 0.2) is 35.7 Å². The fourth-order valence-electron chi connectivity index (χ4n) is 2.70. The van der Waals surface area contributed by atoms with Gasteiger partial charge in [-0.2, -0.15) is 13.5 Å². The maximum atomic E-state index is 12.2. The molecule has 1 aliphatic heterocycles. The van der Waals surface area contributed by atoms with Crippen LogP contribution in [0, 0.1) is 6.92 Å². The predicted octanol–water partition coefficient (Wildman–Crippen LogP) is 1.43. The third-order valence-electron chi connectivity index (χ3n) is 3.85. The Morgan fingerprint density at radius 1 is 1.46 bits per heavy atom. The van der Waals surface area contributed by atoms with E-state index < -0.39 is 22.0 Å². The van der Waals surface area contributed by atoms with E-state index >= 15 is 0 Å². The molecule has 0 aliphatic carbocycles. The van der Waals surface area contributed by atoms with Gasteiger partial charge in [0.05, 0.1) is 25.2 Å². The van der Waals surface area contributed by atoms with Crippen LogP contribution in [0.4, 0.5) is 0 Å². The SMILES string of the molecule is COS(=O)(=O)c1ccc(C)cc1C1COC(C)(Cn2cncn2)O1. The second-order valence-corrected chi connectivity index (χ2v) is 7.49. The first-order valence-electron chi connectivity index (χ1n) is 7.38. The molecule has 0 radical (unpaired) electrons. The zero-order valence-corrected chi connectivity index (χ0v) is 14.5. The molecule has 2 heterocycles. The first-order chi connectivity index (χ1) is 11.3. The van der Waals surface area contributed by atoms with E-state index in [1.807, 2.05) is 6.92 Å². The van der Waals surface area contributed by atoms with Gasteiger partial charge in [-0.05, 0) is 19.9 Å². The van der Waals surface area contributed by atoms with Gasteiger partial charge in [0.25, 0.3) is 10.1 Å². The van der Waals surface area contributed by atoms with Crippen molar-refractivity contribution in [2.45, 2.75) is 37.2 Å². The Kier molecular flexibility index (Phi) is 4.43. The van der Waals surface area contributed by atoms with Crippen molar-refractivity contribution in [1.82, 2.24) is 14.8 Å². The number of benzene rings is 1. The molecule has 2 aromatic rings. The van der Waals surface area contributed by atoms with E-state index in [1.54, 1.807) is 30.1 Å². The summed E-state index contributed by atoms with van der Waals surface area (Å²) in [6, 6.07) is 5.03. The van der Waals surface area contributed by atoms with Crippen molar-refractivity contribution >= 4 is 10.1 Å². The minimum Gasteiger partial charge on any atom is -0.345 e. The number of hydrogen-bond acceptors (Lipinski definition) is 7. The zero-order chi connectivity index (χ0) is 17.4. The Hall–Kier alpha value is -1.81. The van der Waals surface area contributed by atoms with Crippen LogP contribution >= 0.6 is 0 Å². The van der Waals surface area contributed by atoms with Crippen LogP contribution in [0.1, 0.15) is 24.2 Å². The molecule has 3 rings (SSSR count). The van der Waals surface area contributed by atoms with Crippen molar-refractivity contribution in [3.05, 3.63) is 42.0 Å². The normalized spacial score (nSPS) is 24.4. The molecule has 0 spiro atoms. The molecule has 2 unspecified atom stereocenters. The summed E-state index contributed by atoms with van der Waals surface area (Å²) in [5.41, 5.74) is 1.45. The number of rotatable bonds is 5. The summed E-state index contributed by atoms with van der Waals surface area (Å²) < 4.78 is 42.4. The summed E-state index contributed by atoms with van der Waals surface area (Å²) in [7, 11) is -2.69. The van der Waals surface area contributed by atoms with Crippen LogP contribution in [-0.4, -0.2) is 42.7 Å². The van der Waals surface area contributed by atoms with Crippen LogP contribution in [0.2, 0.25) is 0 Å². The minimum atomic E-state index is -3.83. The summed E-state index contributed by atoms with van der Waals surface area (Å²) in [4.78, 5) is 3.98. The third-order valence-corrected chi connectivity index (χ3v) is 5.20. The Balaban J connectivity index is 1.89. The van der Waals surface area contributed by atoms with Gasteiger partial charge in [0.15, 0.2) is 5.79 Å². The summed E-state index contributed by atoms with van der Waals surface area (Å²) >= 11 is 0. The lowest BCUT2D eigenvalue weighted by Crippen LogP contribution is -2.32. The molecular weight excluding hydrogens is 334 g/mol. The van der Waals surface area contributed by atoms with Gasteiger partial charge in [-0.1, -0.05) is 17.7 Å². The van der Waals surface area contributed by atoms with Crippen LogP contribution in [0.5, 0.6) is 0 Å². The summed E-state index contributed by atoms with van der Waals surface area (Å²) in [6.45, 7) is 4.26. The Morgan fingerprint density at radius 3 is 2.92 bits per heavy atom. The van der Waals surface area contributed by atoms with Crippen LogP contribution in [0.3, 0.4) is 0 Å². The summed E-state index contributed by atoms with van der Waals surface area (Å²) in [5, 5.41) is 4.04. The fraction of sp³-hybridized carbons (Fsp3) is 0.467. The Bertz CT molecular complexity index is 822. The molecule has 130 valence electrons. The van der Waals surface area contributed by atoms with E-state index in [0.29, 0.717) is 12.1 Å². The molecule has 2 atom stereocenters. The Morgan fingerprint density at radius 2 is 2.25 bits per heavy atom.